The molecule has 0 saturated heterocycles. The van der Waals surface area contributed by atoms with Gasteiger partial charge in [0.1, 0.15) is 6.61 Å². The molecule has 0 saturated carbocycles. The zero-order chi connectivity index (χ0) is 19.1. The van der Waals surface area contributed by atoms with Crippen molar-refractivity contribution in [3.63, 3.8) is 0 Å². The maximum absolute atomic E-state index is 13.0. The second-order valence-electron chi connectivity index (χ2n) is 5.95. The monoisotopic (exact) mass is 366 g/mol. The van der Waals surface area contributed by atoms with Crippen molar-refractivity contribution in [1.29, 1.82) is 0 Å². The van der Waals surface area contributed by atoms with E-state index in [0.717, 1.165) is 5.56 Å². The third kappa shape index (κ3) is 2.72. The molecule has 1 aromatic carbocycles. The molecule has 0 bridgehead atoms. The highest BCUT2D eigenvalue weighted by molar-refractivity contribution is 5.79. The van der Waals surface area contributed by atoms with Crippen LogP contribution < -0.4 is 5.56 Å². The van der Waals surface area contributed by atoms with Crippen molar-refractivity contribution in [2.24, 2.45) is 0 Å². The zero-order valence-corrected chi connectivity index (χ0v) is 14.5. The largest absolute Gasteiger partial charge is 0.377 e. The van der Waals surface area contributed by atoms with Gasteiger partial charge in [-0.15, -0.1) is 5.10 Å². The minimum Gasteiger partial charge on any atom is -0.377 e. The van der Waals surface area contributed by atoms with Crippen LogP contribution in [0.1, 0.15) is 11.4 Å². The molecule has 0 fully saturated rings. The predicted molar refractivity (Wildman–Crippen MR) is 96.0 cm³/mol. The number of pyridine rings is 1. The molecule has 0 radical (unpaired) electrons. The quantitative estimate of drug-likeness (QED) is 0.399. The lowest BCUT2D eigenvalue weighted by Crippen LogP contribution is -2.19. The van der Waals surface area contributed by atoms with Gasteiger partial charge in [-0.3, -0.25) is 19.5 Å². The fraction of sp³-hybridized carbons (Fsp3) is 0.176. The molecule has 10 nitrogen and oxygen atoms in total. The van der Waals surface area contributed by atoms with Crippen molar-refractivity contribution in [1.82, 2.24) is 24.1 Å². The molecular weight excluding hydrogens is 352 g/mol. The number of nitro benzene ring substituents is 1. The Labute approximate surface area is 151 Å². The van der Waals surface area contributed by atoms with Gasteiger partial charge in [-0.05, 0) is 18.6 Å². The van der Waals surface area contributed by atoms with Gasteiger partial charge in [-0.1, -0.05) is 6.07 Å². The lowest BCUT2D eigenvalue weighted by Gasteiger charge is -2.10. The topological polar surface area (TPSA) is 117 Å². The second-order valence-corrected chi connectivity index (χ2v) is 5.95. The van der Waals surface area contributed by atoms with Gasteiger partial charge < -0.3 is 4.74 Å². The molecule has 10 heteroatoms. The van der Waals surface area contributed by atoms with E-state index < -0.39 is 4.92 Å². The number of benzene rings is 1. The number of fused-ring (bicyclic) bond motifs is 3. The van der Waals surface area contributed by atoms with Crippen molar-refractivity contribution in [3.8, 4) is 5.69 Å². The summed E-state index contributed by atoms with van der Waals surface area (Å²) in [6, 6.07) is 6.10. The van der Waals surface area contributed by atoms with Crippen molar-refractivity contribution < 1.29 is 9.66 Å². The highest BCUT2D eigenvalue weighted by atomic mass is 16.6. The first-order chi connectivity index (χ1) is 13.0. The Morgan fingerprint density at radius 1 is 1.30 bits per heavy atom. The maximum atomic E-state index is 13.0. The first kappa shape index (κ1) is 16.8. The predicted octanol–water partition coefficient (Wildman–Crippen LogP) is 1.79. The lowest BCUT2D eigenvalue weighted by molar-refractivity contribution is -0.384. The Kier molecular flexibility index (Phi) is 3.89. The van der Waals surface area contributed by atoms with E-state index in [0.29, 0.717) is 28.2 Å². The van der Waals surface area contributed by atoms with Crippen molar-refractivity contribution in [3.05, 3.63) is 68.5 Å². The summed E-state index contributed by atoms with van der Waals surface area (Å²) in [5, 5.41) is 15.7. The summed E-state index contributed by atoms with van der Waals surface area (Å²) in [6.07, 6.45) is 3.00. The Bertz CT molecular complexity index is 1260. The molecule has 0 aliphatic heterocycles. The summed E-state index contributed by atoms with van der Waals surface area (Å²) in [5.74, 6) is 0.814. The molecule has 3 heterocycles. The van der Waals surface area contributed by atoms with Gasteiger partial charge in [0, 0.05) is 31.6 Å². The molecular formula is C17H14N6O4. The maximum Gasteiger partial charge on any atom is 0.271 e. The van der Waals surface area contributed by atoms with Gasteiger partial charge in [0.2, 0.25) is 0 Å². The Morgan fingerprint density at radius 2 is 2.11 bits per heavy atom. The number of nitrogens with zero attached hydrogens (tertiary/aromatic N) is 6. The van der Waals surface area contributed by atoms with Crippen LogP contribution in [-0.4, -0.2) is 36.2 Å². The Hall–Kier alpha value is -3.66. The first-order valence-electron chi connectivity index (χ1n) is 8.00. The van der Waals surface area contributed by atoms with E-state index in [1.807, 2.05) is 0 Å². The average Bonchev–Trinajstić information content (AvgIpc) is 3.06. The van der Waals surface area contributed by atoms with Crippen molar-refractivity contribution >= 4 is 22.4 Å². The Balaban J connectivity index is 1.96. The third-order valence-corrected chi connectivity index (χ3v) is 4.21. The second kappa shape index (κ2) is 6.25. The normalized spacial score (nSPS) is 11.3. The van der Waals surface area contributed by atoms with Gasteiger partial charge in [0.05, 0.1) is 21.5 Å². The van der Waals surface area contributed by atoms with E-state index in [2.05, 4.69) is 15.1 Å². The molecule has 0 N–H and O–H groups in total. The number of nitro groups is 1. The molecule has 0 atom stereocenters. The Morgan fingerprint density at radius 3 is 2.85 bits per heavy atom. The van der Waals surface area contributed by atoms with Gasteiger partial charge >= 0.3 is 0 Å². The standard InChI is InChI=1S/C17H14N6O4/c1-10-3-4-11(23(25)26)7-14(10)21-6-5-13-12(16(21)24)8-18-17-19-15(9-27-2)20-22(13)17/h3-8H,9H2,1-2H3. The van der Waals surface area contributed by atoms with Crippen LogP contribution in [-0.2, 0) is 11.3 Å². The van der Waals surface area contributed by atoms with Crippen LogP contribution in [0.15, 0.2) is 41.5 Å². The third-order valence-electron chi connectivity index (χ3n) is 4.21. The van der Waals surface area contributed by atoms with Gasteiger partial charge in [-0.2, -0.15) is 9.50 Å². The van der Waals surface area contributed by atoms with E-state index in [-0.39, 0.29) is 17.9 Å². The molecule has 0 aliphatic carbocycles. The van der Waals surface area contributed by atoms with Gasteiger partial charge in [0.15, 0.2) is 5.82 Å². The lowest BCUT2D eigenvalue weighted by atomic mass is 10.1. The molecule has 136 valence electrons. The number of aryl methyl sites for hydroxylation is 1. The zero-order valence-electron chi connectivity index (χ0n) is 14.5. The smallest absolute Gasteiger partial charge is 0.271 e. The number of hydrogen-bond acceptors (Lipinski definition) is 7. The number of hydrogen-bond donors (Lipinski definition) is 0. The summed E-state index contributed by atoms with van der Waals surface area (Å²) in [7, 11) is 1.54. The van der Waals surface area contributed by atoms with E-state index in [9.17, 15) is 14.9 Å². The number of rotatable bonds is 4. The molecule has 27 heavy (non-hydrogen) atoms. The van der Waals surface area contributed by atoms with Crippen molar-refractivity contribution in [2.45, 2.75) is 13.5 Å². The number of ether oxygens (including phenoxy) is 1. The summed E-state index contributed by atoms with van der Waals surface area (Å²) in [4.78, 5) is 32.0. The van der Waals surface area contributed by atoms with Gasteiger partial charge in [0.25, 0.3) is 17.0 Å². The first-order valence-corrected chi connectivity index (χ1v) is 8.00. The minimum absolute atomic E-state index is 0.0864. The van der Waals surface area contributed by atoms with Crippen LogP contribution in [0.2, 0.25) is 0 Å². The highest BCUT2D eigenvalue weighted by Gasteiger charge is 2.15. The molecule has 0 amide bonds. The van der Waals surface area contributed by atoms with E-state index in [1.54, 1.807) is 25.3 Å². The van der Waals surface area contributed by atoms with Gasteiger partial charge in [-0.25, -0.2) is 4.98 Å². The summed E-state index contributed by atoms with van der Waals surface area (Å²) >= 11 is 0. The highest BCUT2D eigenvalue weighted by Crippen LogP contribution is 2.21. The summed E-state index contributed by atoms with van der Waals surface area (Å²) < 4.78 is 7.87. The fourth-order valence-electron chi connectivity index (χ4n) is 2.91. The van der Waals surface area contributed by atoms with Crippen molar-refractivity contribution in [2.75, 3.05) is 7.11 Å². The molecule has 0 aliphatic rings. The fourth-order valence-corrected chi connectivity index (χ4v) is 2.91. The van der Waals surface area contributed by atoms with Crippen LogP contribution >= 0.6 is 0 Å². The number of aromatic nitrogens is 5. The molecule has 0 spiro atoms. The van der Waals surface area contributed by atoms with Crippen LogP contribution in [0.4, 0.5) is 5.69 Å². The van der Waals surface area contributed by atoms with Crippen LogP contribution in [0.3, 0.4) is 0 Å². The summed E-state index contributed by atoms with van der Waals surface area (Å²) in [5.41, 5.74) is 1.28. The van der Waals surface area contributed by atoms with Crippen LogP contribution in [0.5, 0.6) is 0 Å². The minimum atomic E-state index is -0.493. The van der Waals surface area contributed by atoms with E-state index in [4.69, 9.17) is 4.74 Å². The van der Waals surface area contributed by atoms with E-state index in [1.165, 1.54) is 34.5 Å². The van der Waals surface area contributed by atoms with Crippen LogP contribution in [0.25, 0.3) is 22.4 Å². The van der Waals surface area contributed by atoms with Crippen LogP contribution in [0, 0.1) is 17.0 Å². The molecule has 4 rings (SSSR count). The average molecular weight is 366 g/mol. The SMILES string of the molecule is COCc1nc2ncc3c(=O)n(-c4cc([N+](=O)[O-])ccc4C)ccc3n2n1. The van der Waals surface area contributed by atoms with E-state index >= 15 is 0 Å². The molecule has 0 unspecified atom stereocenters. The summed E-state index contributed by atoms with van der Waals surface area (Å²) in [6.45, 7) is 2.01. The number of methoxy groups -OCH3 is 1. The molecule has 3 aromatic heterocycles. The molecule has 4 aromatic rings. The number of non-ortho nitro benzene ring substituents is 1.